The Balaban J connectivity index is 1.60. The minimum Gasteiger partial charge on any atom is -0.351 e. The standard InChI is InChI=1S/C22H26ClN3O2/c1-16-8-10-17(11-9-16)14-24-20(27)22(2)12-5-13-26(15-22)21(28)25-19-7-4-3-6-18(19)23/h3-4,6-11H,5,12-15H2,1-2H3,(H,24,27)(H,25,28). The number of nitrogens with zero attached hydrogens (tertiary/aromatic N) is 1. The van der Waals surface area contributed by atoms with Crippen LogP contribution in [0.4, 0.5) is 10.5 Å². The van der Waals surface area contributed by atoms with E-state index < -0.39 is 5.41 Å². The maximum absolute atomic E-state index is 12.9. The molecule has 2 aromatic rings. The first kappa shape index (κ1) is 20.2. The van der Waals surface area contributed by atoms with Crippen molar-refractivity contribution in [3.63, 3.8) is 0 Å². The van der Waals surface area contributed by atoms with Crippen molar-refractivity contribution in [3.05, 3.63) is 64.7 Å². The summed E-state index contributed by atoms with van der Waals surface area (Å²) < 4.78 is 0. The average Bonchev–Trinajstić information content (AvgIpc) is 2.69. The normalized spacial score (nSPS) is 19.2. The highest BCUT2D eigenvalue weighted by molar-refractivity contribution is 6.33. The van der Waals surface area contributed by atoms with Crippen LogP contribution in [-0.4, -0.2) is 29.9 Å². The number of hydrogen-bond donors (Lipinski definition) is 2. The molecule has 5 nitrogen and oxygen atoms in total. The molecule has 1 aliphatic heterocycles. The quantitative estimate of drug-likeness (QED) is 0.789. The predicted octanol–water partition coefficient (Wildman–Crippen LogP) is 4.60. The molecular weight excluding hydrogens is 374 g/mol. The van der Waals surface area contributed by atoms with Gasteiger partial charge in [0, 0.05) is 19.6 Å². The number of aryl methyl sites for hydroxylation is 1. The molecule has 0 saturated carbocycles. The fourth-order valence-electron chi connectivity index (χ4n) is 3.46. The summed E-state index contributed by atoms with van der Waals surface area (Å²) in [5, 5.41) is 6.36. The third-order valence-corrected chi connectivity index (χ3v) is 5.55. The summed E-state index contributed by atoms with van der Waals surface area (Å²) in [5.74, 6) is -0.0247. The van der Waals surface area contributed by atoms with E-state index in [9.17, 15) is 9.59 Å². The van der Waals surface area contributed by atoms with Gasteiger partial charge in [0.05, 0.1) is 16.1 Å². The Kier molecular flexibility index (Phi) is 6.25. The van der Waals surface area contributed by atoms with E-state index in [4.69, 9.17) is 11.6 Å². The molecule has 148 valence electrons. The Morgan fingerprint density at radius 1 is 1.14 bits per heavy atom. The van der Waals surface area contributed by atoms with Crippen molar-refractivity contribution >= 4 is 29.2 Å². The molecular formula is C22H26ClN3O2. The molecule has 0 aliphatic carbocycles. The number of para-hydroxylation sites is 1. The Bertz CT molecular complexity index is 853. The van der Waals surface area contributed by atoms with Crippen LogP contribution in [0, 0.1) is 12.3 Å². The van der Waals surface area contributed by atoms with E-state index in [0.717, 1.165) is 18.4 Å². The van der Waals surface area contributed by atoms with Gasteiger partial charge < -0.3 is 15.5 Å². The van der Waals surface area contributed by atoms with Crippen molar-refractivity contribution in [2.24, 2.45) is 5.41 Å². The SMILES string of the molecule is Cc1ccc(CNC(=O)C2(C)CCCN(C(=O)Nc3ccccc3Cl)C2)cc1. The molecule has 6 heteroatoms. The van der Waals surface area contributed by atoms with E-state index in [1.54, 1.807) is 17.0 Å². The van der Waals surface area contributed by atoms with Gasteiger partial charge in [0.2, 0.25) is 5.91 Å². The molecule has 2 N–H and O–H groups in total. The van der Waals surface area contributed by atoms with E-state index in [1.165, 1.54) is 5.56 Å². The summed E-state index contributed by atoms with van der Waals surface area (Å²) in [7, 11) is 0. The van der Waals surface area contributed by atoms with Gasteiger partial charge in [-0.05, 0) is 44.4 Å². The fourth-order valence-corrected chi connectivity index (χ4v) is 3.64. The number of piperidine rings is 1. The van der Waals surface area contributed by atoms with E-state index in [-0.39, 0.29) is 11.9 Å². The first-order chi connectivity index (χ1) is 13.4. The highest BCUT2D eigenvalue weighted by Gasteiger charge is 2.39. The van der Waals surface area contributed by atoms with Gasteiger partial charge in [-0.2, -0.15) is 0 Å². The minimum absolute atomic E-state index is 0.0247. The number of rotatable bonds is 4. The first-order valence-electron chi connectivity index (χ1n) is 9.52. The van der Waals surface area contributed by atoms with Crippen molar-refractivity contribution in [3.8, 4) is 0 Å². The Morgan fingerprint density at radius 3 is 2.57 bits per heavy atom. The summed E-state index contributed by atoms with van der Waals surface area (Å²) in [5.41, 5.74) is 2.22. The molecule has 0 aromatic heterocycles. The number of anilines is 1. The summed E-state index contributed by atoms with van der Waals surface area (Å²) in [6.07, 6.45) is 1.53. The number of carbonyl (C=O) groups excluding carboxylic acids is 2. The molecule has 1 unspecified atom stereocenters. The van der Waals surface area contributed by atoms with Gasteiger partial charge in [-0.1, -0.05) is 53.6 Å². The van der Waals surface area contributed by atoms with Crippen LogP contribution in [0.25, 0.3) is 0 Å². The fraction of sp³-hybridized carbons (Fsp3) is 0.364. The lowest BCUT2D eigenvalue weighted by atomic mass is 9.81. The van der Waals surface area contributed by atoms with Gasteiger partial charge in [-0.3, -0.25) is 4.79 Å². The van der Waals surface area contributed by atoms with Crippen molar-refractivity contribution in [2.75, 3.05) is 18.4 Å². The monoisotopic (exact) mass is 399 g/mol. The van der Waals surface area contributed by atoms with Crippen LogP contribution in [0.15, 0.2) is 48.5 Å². The van der Waals surface area contributed by atoms with Crippen molar-refractivity contribution in [2.45, 2.75) is 33.2 Å². The van der Waals surface area contributed by atoms with Crippen LogP contribution in [0.3, 0.4) is 0 Å². The third-order valence-electron chi connectivity index (χ3n) is 5.22. The first-order valence-corrected chi connectivity index (χ1v) is 9.89. The molecule has 1 heterocycles. The number of nitrogens with one attached hydrogen (secondary N) is 2. The summed E-state index contributed by atoms with van der Waals surface area (Å²) >= 11 is 6.13. The molecule has 1 aliphatic rings. The van der Waals surface area contributed by atoms with Gasteiger partial charge in [-0.25, -0.2) is 4.79 Å². The highest BCUT2D eigenvalue weighted by atomic mass is 35.5. The van der Waals surface area contributed by atoms with Gasteiger partial charge in [0.1, 0.15) is 0 Å². The van der Waals surface area contributed by atoms with Crippen LogP contribution in [0.2, 0.25) is 5.02 Å². The molecule has 3 rings (SSSR count). The van der Waals surface area contributed by atoms with Crippen LogP contribution >= 0.6 is 11.6 Å². The van der Waals surface area contributed by atoms with Crippen molar-refractivity contribution < 1.29 is 9.59 Å². The molecule has 0 radical (unpaired) electrons. The number of amides is 3. The average molecular weight is 400 g/mol. The second-order valence-electron chi connectivity index (χ2n) is 7.66. The second-order valence-corrected chi connectivity index (χ2v) is 8.07. The Morgan fingerprint density at radius 2 is 1.86 bits per heavy atom. The highest BCUT2D eigenvalue weighted by Crippen LogP contribution is 2.30. The Hall–Kier alpha value is -2.53. The molecule has 3 amide bonds. The van der Waals surface area contributed by atoms with Crippen LogP contribution in [0.1, 0.15) is 30.9 Å². The number of carbonyl (C=O) groups is 2. The molecule has 1 atom stereocenters. The number of benzene rings is 2. The number of urea groups is 1. The van der Waals surface area contributed by atoms with Gasteiger partial charge in [0.15, 0.2) is 0 Å². The lowest BCUT2D eigenvalue weighted by Crippen LogP contribution is -2.52. The zero-order valence-electron chi connectivity index (χ0n) is 16.3. The summed E-state index contributed by atoms with van der Waals surface area (Å²) in [6.45, 7) is 5.45. The molecule has 0 spiro atoms. The van der Waals surface area contributed by atoms with Crippen LogP contribution in [0.5, 0.6) is 0 Å². The largest absolute Gasteiger partial charge is 0.351 e. The lowest BCUT2D eigenvalue weighted by Gasteiger charge is -2.39. The number of hydrogen-bond acceptors (Lipinski definition) is 2. The lowest BCUT2D eigenvalue weighted by molar-refractivity contribution is -0.132. The van der Waals surface area contributed by atoms with Crippen molar-refractivity contribution in [1.82, 2.24) is 10.2 Å². The molecule has 1 saturated heterocycles. The zero-order valence-corrected chi connectivity index (χ0v) is 17.1. The van der Waals surface area contributed by atoms with Crippen LogP contribution in [-0.2, 0) is 11.3 Å². The number of likely N-dealkylation sites (tertiary alicyclic amines) is 1. The summed E-state index contributed by atoms with van der Waals surface area (Å²) in [4.78, 5) is 27.2. The number of halogens is 1. The van der Waals surface area contributed by atoms with Gasteiger partial charge >= 0.3 is 6.03 Å². The van der Waals surface area contributed by atoms with Crippen molar-refractivity contribution in [1.29, 1.82) is 0 Å². The van der Waals surface area contributed by atoms with Gasteiger partial charge in [-0.15, -0.1) is 0 Å². The maximum atomic E-state index is 12.9. The third kappa shape index (κ3) is 4.84. The minimum atomic E-state index is -0.610. The predicted molar refractivity (Wildman–Crippen MR) is 112 cm³/mol. The maximum Gasteiger partial charge on any atom is 0.321 e. The smallest absolute Gasteiger partial charge is 0.321 e. The molecule has 0 bridgehead atoms. The van der Waals surface area contributed by atoms with Gasteiger partial charge in [0.25, 0.3) is 0 Å². The van der Waals surface area contributed by atoms with E-state index in [0.29, 0.717) is 30.3 Å². The summed E-state index contributed by atoms with van der Waals surface area (Å²) in [6, 6.07) is 15.0. The van der Waals surface area contributed by atoms with E-state index >= 15 is 0 Å². The molecule has 1 fully saturated rings. The van der Waals surface area contributed by atoms with Crippen LogP contribution < -0.4 is 10.6 Å². The molecule has 2 aromatic carbocycles. The van der Waals surface area contributed by atoms with E-state index in [1.807, 2.05) is 50.2 Å². The topological polar surface area (TPSA) is 61.4 Å². The van der Waals surface area contributed by atoms with E-state index in [2.05, 4.69) is 10.6 Å². The second kappa shape index (κ2) is 8.65. The molecule has 28 heavy (non-hydrogen) atoms. The zero-order chi connectivity index (χ0) is 20.1. The Labute approximate surface area is 171 Å².